The molecule has 1 atom stereocenters. The minimum absolute atomic E-state index is 0.0727. The number of nitrogens with zero attached hydrogens (tertiary/aromatic N) is 2. The van der Waals surface area contributed by atoms with Gasteiger partial charge in [-0.2, -0.15) is 0 Å². The Balaban J connectivity index is 1.68. The molecule has 1 aromatic carbocycles. The average Bonchev–Trinajstić information content (AvgIpc) is 3.19. The summed E-state index contributed by atoms with van der Waals surface area (Å²) in [6.07, 6.45) is 2.81. The second-order valence-electron chi connectivity index (χ2n) is 6.28. The molecule has 25 heavy (non-hydrogen) atoms. The highest BCUT2D eigenvalue weighted by Crippen LogP contribution is 2.25. The van der Waals surface area contributed by atoms with Crippen molar-refractivity contribution >= 4 is 40.2 Å². The monoisotopic (exact) mass is 378 g/mol. The topological polar surface area (TPSA) is 49.9 Å². The lowest BCUT2D eigenvalue weighted by Crippen LogP contribution is -2.49. The van der Waals surface area contributed by atoms with Crippen molar-refractivity contribution in [3.8, 4) is 0 Å². The molecule has 2 aliphatic heterocycles. The van der Waals surface area contributed by atoms with Crippen LogP contribution in [0, 0.1) is 0 Å². The number of rotatable bonds is 3. The Hall–Kier alpha value is -1.60. The summed E-state index contributed by atoms with van der Waals surface area (Å²) in [4.78, 5) is 28.7. The van der Waals surface area contributed by atoms with E-state index >= 15 is 0 Å². The van der Waals surface area contributed by atoms with Crippen LogP contribution in [0.15, 0.2) is 24.3 Å². The Labute approximate surface area is 157 Å². The Morgan fingerprint density at radius 1 is 1.24 bits per heavy atom. The molecule has 0 N–H and O–H groups in total. The first-order chi connectivity index (χ1) is 12.1. The van der Waals surface area contributed by atoms with Gasteiger partial charge in [-0.15, -0.1) is 0 Å². The van der Waals surface area contributed by atoms with E-state index in [2.05, 4.69) is 4.90 Å². The Morgan fingerprint density at radius 2 is 1.92 bits per heavy atom. The third-order valence-corrected chi connectivity index (χ3v) is 6.23. The molecule has 5 nitrogen and oxygen atoms in total. The first-order valence-electron chi connectivity index (χ1n) is 8.46. The van der Waals surface area contributed by atoms with Crippen LogP contribution in [0.2, 0.25) is 0 Å². The minimum Gasteiger partial charge on any atom is -0.467 e. The third kappa shape index (κ3) is 4.15. The van der Waals surface area contributed by atoms with Gasteiger partial charge in [-0.25, -0.2) is 4.79 Å². The van der Waals surface area contributed by atoms with Gasteiger partial charge in [0.05, 0.1) is 12.9 Å². The number of methoxy groups -OCH3 is 1. The van der Waals surface area contributed by atoms with Gasteiger partial charge in [-0.3, -0.25) is 4.79 Å². The molecule has 1 fully saturated rings. The number of thiocarbonyl (C=S) groups is 1. The number of fused-ring (bicyclic) bond motifs is 1. The number of benzene rings is 1. The van der Waals surface area contributed by atoms with E-state index in [-0.39, 0.29) is 17.6 Å². The third-order valence-electron chi connectivity index (χ3n) is 4.73. The highest BCUT2D eigenvalue weighted by Gasteiger charge is 2.35. The lowest BCUT2D eigenvalue weighted by Gasteiger charge is -2.35. The minimum atomic E-state index is -0.562. The van der Waals surface area contributed by atoms with Crippen LogP contribution in [-0.2, 0) is 27.3 Å². The number of ether oxygens (including phenoxy) is 1. The summed E-state index contributed by atoms with van der Waals surface area (Å²) in [5.41, 5.74) is 2.19. The fourth-order valence-electron chi connectivity index (χ4n) is 3.33. The summed E-state index contributed by atoms with van der Waals surface area (Å²) >= 11 is 6.82. The lowest BCUT2D eigenvalue weighted by molar-refractivity contribution is -0.153. The van der Waals surface area contributed by atoms with E-state index in [0.717, 1.165) is 41.4 Å². The van der Waals surface area contributed by atoms with E-state index in [1.807, 2.05) is 24.3 Å². The maximum Gasteiger partial charge on any atom is 0.328 e. The first-order valence-corrected chi connectivity index (χ1v) is 9.85. The number of likely N-dealkylation sites (tertiary alicyclic amines) is 1. The van der Waals surface area contributed by atoms with E-state index in [1.165, 1.54) is 18.9 Å². The Kier molecular flexibility index (Phi) is 5.96. The largest absolute Gasteiger partial charge is 0.467 e. The summed E-state index contributed by atoms with van der Waals surface area (Å²) < 4.78 is 5.69. The van der Waals surface area contributed by atoms with Crippen LogP contribution >= 0.6 is 24.0 Å². The first kappa shape index (κ1) is 18.2. The number of hydrogen-bond acceptors (Lipinski definition) is 5. The average molecular weight is 379 g/mol. The molecule has 0 unspecified atom stereocenters. The van der Waals surface area contributed by atoms with Gasteiger partial charge in [0.2, 0.25) is 5.91 Å². The zero-order valence-corrected chi connectivity index (χ0v) is 15.9. The molecule has 2 aliphatic rings. The Bertz CT molecular complexity index is 674. The van der Waals surface area contributed by atoms with Gasteiger partial charge in [0.15, 0.2) is 0 Å². The molecular formula is C18H22N2O3S2. The molecule has 0 aliphatic carbocycles. The summed E-state index contributed by atoms with van der Waals surface area (Å²) in [6.45, 7) is 2.38. The fraction of sp³-hybridized carbons (Fsp3) is 0.500. The number of carbonyl (C=O) groups is 2. The van der Waals surface area contributed by atoms with Crippen LogP contribution in [0.5, 0.6) is 0 Å². The van der Waals surface area contributed by atoms with E-state index in [4.69, 9.17) is 17.0 Å². The molecule has 134 valence electrons. The predicted molar refractivity (Wildman–Crippen MR) is 102 cm³/mol. The molecule has 7 heteroatoms. The number of carbonyl (C=O) groups excluding carboxylic acids is 2. The molecule has 0 bridgehead atoms. The quantitative estimate of drug-likeness (QED) is 0.594. The Morgan fingerprint density at radius 3 is 2.60 bits per heavy atom. The highest BCUT2D eigenvalue weighted by molar-refractivity contribution is 8.23. The van der Waals surface area contributed by atoms with Crippen LogP contribution < -0.4 is 0 Å². The number of esters is 1. The van der Waals surface area contributed by atoms with Crippen LogP contribution in [0.3, 0.4) is 0 Å². The molecule has 3 rings (SSSR count). The van der Waals surface area contributed by atoms with E-state index in [0.29, 0.717) is 13.0 Å². The van der Waals surface area contributed by atoms with Crippen LogP contribution in [-0.4, -0.2) is 58.0 Å². The highest BCUT2D eigenvalue weighted by atomic mass is 32.2. The van der Waals surface area contributed by atoms with Gasteiger partial charge in [-0.05, 0) is 24.0 Å². The van der Waals surface area contributed by atoms with Gasteiger partial charge in [0, 0.05) is 26.1 Å². The molecule has 0 aromatic heterocycles. The van der Waals surface area contributed by atoms with Crippen molar-refractivity contribution in [1.82, 2.24) is 9.80 Å². The number of thioether (sulfide) groups is 1. The zero-order chi connectivity index (χ0) is 17.8. The van der Waals surface area contributed by atoms with Crippen molar-refractivity contribution in [2.45, 2.75) is 31.8 Å². The second kappa shape index (κ2) is 8.19. The molecule has 0 spiro atoms. The van der Waals surface area contributed by atoms with E-state index in [9.17, 15) is 9.59 Å². The van der Waals surface area contributed by atoms with Gasteiger partial charge in [0.1, 0.15) is 10.4 Å². The summed E-state index contributed by atoms with van der Waals surface area (Å²) in [5, 5.41) is 0. The van der Waals surface area contributed by atoms with E-state index < -0.39 is 6.04 Å². The van der Waals surface area contributed by atoms with Crippen LogP contribution in [0.25, 0.3) is 0 Å². The number of hydrogen-bond donors (Lipinski definition) is 0. The van der Waals surface area contributed by atoms with Crippen molar-refractivity contribution < 1.29 is 14.3 Å². The molecule has 0 saturated carbocycles. The summed E-state index contributed by atoms with van der Waals surface area (Å²) in [7, 11) is 1.36. The molecule has 1 saturated heterocycles. The normalized spacial score (nSPS) is 19.5. The van der Waals surface area contributed by atoms with Gasteiger partial charge >= 0.3 is 5.97 Å². The smallest absolute Gasteiger partial charge is 0.328 e. The lowest BCUT2D eigenvalue weighted by atomic mass is 9.94. The maximum atomic E-state index is 12.8. The molecule has 2 heterocycles. The van der Waals surface area contributed by atoms with Crippen molar-refractivity contribution in [2.24, 2.45) is 0 Å². The van der Waals surface area contributed by atoms with Crippen molar-refractivity contribution in [2.75, 3.05) is 26.0 Å². The summed E-state index contributed by atoms with van der Waals surface area (Å²) in [6, 6.07) is 7.36. The zero-order valence-electron chi connectivity index (χ0n) is 14.3. The van der Waals surface area contributed by atoms with E-state index in [1.54, 1.807) is 4.90 Å². The number of amides is 1. The molecule has 1 amide bonds. The summed E-state index contributed by atoms with van der Waals surface area (Å²) in [5.74, 6) is -0.184. The van der Waals surface area contributed by atoms with Gasteiger partial charge in [0.25, 0.3) is 0 Å². The second-order valence-corrected chi connectivity index (χ2v) is 7.89. The van der Waals surface area contributed by atoms with Crippen molar-refractivity contribution in [3.63, 3.8) is 0 Å². The van der Waals surface area contributed by atoms with Gasteiger partial charge in [-0.1, -0.05) is 48.2 Å². The van der Waals surface area contributed by atoms with Crippen LogP contribution in [0.1, 0.15) is 24.0 Å². The molecule has 0 radical (unpaired) electrons. The van der Waals surface area contributed by atoms with Crippen LogP contribution in [0.4, 0.5) is 0 Å². The van der Waals surface area contributed by atoms with Crippen molar-refractivity contribution in [3.05, 3.63) is 35.4 Å². The predicted octanol–water partition coefficient (Wildman–Crippen LogP) is 2.23. The molecule has 1 aromatic rings. The maximum absolute atomic E-state index is 12.8. The van der Waals surface area contributed by atoms with Gasteiger partial charge < -0.3 is 14.5 Å². The fourth-order valence-corrected chi connectivity index (χ4v) is 4.47. The molecular weight excluding hydrogens is 356 g/mol. The SMILES string of the molecule is COC(=O)[C@H]1Cc2ccccc2CN1C(=O)CSC(=S)N1CCCC1. The van der Waals surface area contributed by atoms with Crippen molar-refractivity contribution in [1.29, 1.82) is 0 Å². The standard InChI is InChI=1S/C18H22N2O3S2/c1-23-17(22)15-10-13-6-2-3-7-14(13)11-20(15)16(21)12-25-18(24)19-8-4-5-9-19/h2-3,6-7,15H,4-5,8-12H2,1H3/t15-/m1/s1.